The molecule has 5 heteroatoms. The molecule has 2 rings (SSSR count). The quantitative estimate of drug-likeness (QED) is 0.873. The Bertz CT molecular complexity index is 430. The van der Waals surface area contributed by atoms with E-state index in [9.17, 15) is 0 Å². The van der Waals surface area contributed by atoms with Crippen molar-refractivity contribution in [1.29, 1.82) is 0 Å². The van der Waals surface area contributed by atoms with Gasteiger partial charge in [0.05, 0.1) is 16.4 Å². The average molecular weight is 327 g/mol. The molecule has 0 atom stereocenters. The Labute approximate surface area is 123 Å². The Hall–Kier alpha value is -0.810. The van der Waals surface area contributed by atoms with Gasteiger partial charge in [-0.05, 0) is 48.3 Å². The van der Waals surface area contributed by atoms with Crippen molar-refractivity contribution in [3.63, 3.8) is 0 Å². The van der Waals surface area contributed by atoms with Gasteiger partial charge in [0.25, 0.3) is 0 Å². The van der Waals surface area contributed by atoms with Gasteiger partial charge in [-0.15, -0.1) is 0 Å². The van der Waals surface area contributed by atoms with E-state index in [0.717, 1.165) is 40.7 Å². The van der Waals surface area contributed by atoms with Gasteiger partial charge in [0, 0.05) is 19.1 Å². The molecule has 0 unspecified atom stereocenters. The van der Waals surface area contributed by atoms with E-state index < -0.39 is 0 Å². The molecule has 1 heterocycles. The molecule has 0 bridgehead atoms. The van der Waals surface area contributed by atoms with Gasteiger partial charge in [-0.2, -0.15) is 0 Å². The summed E-state index contributed by atoms with van der Waals surface area (Å²) in [5.74, 6) is 0.881. The van der Waals surface area contributed by atoms with Crippen LogP contribution in [0, 0.1) is 6.92 Å². The topological polar surface area (TPSA) is 54.2 Å². The van der Waals surface area contributed by atoms with Crippen LogP contribution in [0.1, 0.15) is 31.2 Å². The first-order valence-corrected chi connectivity index (χ1v) is 7.73. The molecular formula is C14H23BrN4. The number of anilines is 2. The van der Waals surface area contributed by atoms with Crippen LogP contribution in [0.5, 0.6) is 0 Å². The number of likely N-dealkylation sites (N-methyl/N-ethyl adjacent to an activating group) is 1. The highest BCUT2D eigenvalue weighted by atomic mass is 79.9. The number of rotatable bonds is 5. The molecule has 0 aromatic carbocycles. The molecule has 1 aromatic rings. The van der Waals surface area contributed by atoms with Crippen LogP contribution < -0.4 is 11.1 Å². The molecule has 19 heavy (non-hydrogen) atoms. The number of nitrogens with one attached hydrogen (secondary N) is 1. The third kappa shape index (κ3) is 3.60. The minimum Gasteiger partial charge on any atom is -0.397 e. The number of nitrogens with zero attached hydrogens (tertiary/aromatic N) is 2. The van der Waals surface area contributed by atoms with Crippen LogP contribution >= 0.6 is 15.9 Å². The van der Waals surface area contributed by atoms with Crippen LogP contribution in [0.3, 0.4) is 0 Å². The van der Waals surface area contributed by atoms with E-state index in [1.54, 1.807) is 6.20 Å². The fourth-order valence-electron chi connectivity index (χ4n) is 2.59. The number of halogens is 1. The zero-order chi connectivity index (χ0) is 13.8. The van der Waals surface area contributed by atoms with Gasteiger partial charge in [-0.1, -0.05) is 12.8 Å². The molecule has 0 radical (unpaired) electrons. The van der Waals surface area contributed by atoms with E-state index >= 15 is 0 Å². The van der Waals surface area contributed by atoms with Gasteiger partial charge in [0.1, 0.15) is 5.82 Å². The lowest BCUT2D eigenvalue weighted by Gasteiger charge is -2.24. The predicted molar refractivity (Wildman–Crippen MR) is 84.5 cm³/mol. The maximum Gasteiger partial charge on any atom is 0.140 e. The Balaban J connectivity index is 1.84. The summed E-state index contributed by atoms with van der Waals surface area (Å²) in [6.07, 6.45) is 7.17. The van der Waals surface area contributed by atoms with Gasteiger partial charge in [0.15, 0.2) is 0 Å². The molecule has 1 saturated carbocycles. The molecule has 3 N–H and O–H groups in total. The van der Waals surface area contributed by atoms with Crippen LogP contribution in [0.4, 0.5) is 11.5 Å². The number of aromatic nitrogens is 1. The van der Waals surface area contributed by atoms with Gasteiger partial charge in [0.2, 0.25) is 0 Å². The minimum atomic E-state index is 0.723. The first kappa shape index (κ1) is 14.6. The first-order chi connectivity index (χ1) is 9.09. The van der Waals surface area contributed by atoms with Gasteiger partial charge < -0.3 is 16.0 Å². The van der Waals surface area contributed by atoms with E-state index in [1.807, 2.05) is 6.92 Å². The number of nitrogens with two attached hydrogens (primary N) is 1. The predicted octanol–water partition coefficient (Wildman–Crippen LogP) is 3.02. The zero-order valence-electron chi connectivity index (χ0n) is 11.7. The van der Waals surface area contributed by atoms with Crippen molar-refractivity contribution in [1.82, 2.24) is 9.88 Å². The zero-order valence-corrected chi connectivity index (χ0v) is 13.3. The van der Waals surface area contributed by atoms with Gasteiger partial charge >= 0.3 is 0 Å². The lowest BCUT2D eigenvalue weighted by molar-refractivity contribution is 0.254. The molecule has 0 saturated heterocycles. The first-order valence-electron chi connectivity index (χ1n) is 6.94. The van der Waals surface area contributed by atoms with Crippen molar-refractivity contribution < 1.29 is 0 Å². The van der Waals surface area contributed by atoms with Crippen LogP contribution in [0.15, 0.2) is 10.7 Å². The molecule has 1 aromatic heterocycles. The summed E-state index contributed by atoms with van der Waals surface area (Å²) < 4.78 is 0.969. The van der Waals surface area contributed by atoms with E-state index in [1.165, 1.54) is 25.7 Å². The van der Waals surface area contributed by atoms with Crippen molar-refractivity contribution in [2.24, 2.45) is 0 Å². The fourth-order valence-corrected chi connectivity index (χ4v) is 3.06. The Morgan fingerprint density at radius 2 is 2.16 bits per heavy atom. The average Bonchev–Trinajstić information content (AvgIpc) is 2.92. The standard InChI is InChI=1S/C14H23BrN4/c1-10-12(16)9-18-14(13(10)15)17-7-8-19(2)11-5-3-4-6-11/h9,11H,3-8,16H2,1-2H3,(H,17,18). The van der Waals surface area contributed by atoms with E-state index in [4.69, 9.17) is 5.73 Å². The van der Waals surface area contributed by atoms with Crippen molar-refractivity contribution in [2.45, 2.75) is 38.6 Å². The number of hydrogen-bond acceptors (Lipinski definition) is 4. The third-order valence-electron chi connectivity index (χ3n) is 4.01. The molecule has 1 fully saturated rings. The molecule has 106 valence electrons. The lowest BCUT2D eigenvalue weighted by Crippen LogP contribution is -2.33. The number of nitrogen functional groups attached to an aromatic ring is 1. The molecule has 0 spiro atoms. The lowest BCUT2D eigenvalue weighted by atomic mass is 10.2. The van der Waals surface area contributed by atoms with Crippen LogP contribution in [-0.2, 0) is 0 Å². The number of pyridine rings is 1. The Morgan fingerprint density at radius 3 is 2.84 bits per heavy atom. The second kappa shape index (κ2) is 6.57. The summed E-state index contributed by atoms with van der Waals surface area (Å²) in [4.78, 5) is 6.79. The summed E-state index contributed by atoms with van der Waals surface area (Å²) in [5, 5.41) is 3.38. The normalized spacial score (nSPS) is 16.2. The Kier molecular flexibility index (Phi) is 5.05. The van der Waals surface area contributed by atoms with E-state index in [0.29, 0.717) is 0 Å². The van der Waals surface area contributed by atoms with Crippen LogP contribution in [0.2, 0.25) is 0 Å². The monoisotopic (exact) mass is 326 g/mol. The summed E-state index contributed by atoms with van der Waals surface area (Å²) >= 11 is 3.55. The highest BCUT2D eigenvalue weighted by Crippen LogP contribution is 2.27. The van der Waals surface area contributed by atoms with Crippen molar-refractivity contribution in [2.75, 3.05) is 31.2 Å². The summed E-state index contributed by atoms with van der Waals surface area (Å²) in [5.41, 5.74) is 7.59. The smallest absolute Gasteiger partial charge is 0.140 e. The molecule has 4 nitrogen and oxygen atoms in total. The molecule has 0 aliphatic heterocycles. The molecule has 0 amide bonds. The maximum absolute atomic E-state index is 5.82. The number of hydrogen-bond donors (Lipinski definition) is 2. The van der Waals surface area contributed by atoms with Crippen LogP contribution in [-0.4, -0.2) is 36.1 Å². The summed E-state index contributed by atoms with van der Waals surface area (Å²) in [7, 11) is 2.22. The van der Waals surface area contributed by atoms with E-state index in [-0.39, 0.29) is 0 Å². The highest BCUT2D eigenvalue weighted by Gasteiger charge is 2.18. The summed E-state index contributed by atoms with van der Waals surface area (Å²) in [6.45, 7) is 3.95. The SMILES string of the molecule is Cc1c(N)cnc(NCCN(C)C2CCCC2)c1Br. The highest BCUT2D eigenvalue weighted by molar-refractivity contribution is 9.10. The second-order valence-electron chi connectivity index (χ2n) is 5.35. The van der Waals surface area contributed by atoms with Gasteiger partial charge in [-0.3, -0.25) is 0 Å². The third-order valence-corrected chi connectivity index (χ3v) is 4.98. The van der Waals surface area contributed by atoms with Gasteiger partial charge in [-0.25, -0.2) is 4.98 Å². The van der Waals surface area contributed by atoms with Crippen molar-refractivity contribution in [3.05, 3.63) is 16.2 Å². The maximum atomic E-state index is 5.82. The van der Waals surface area contributed by atoms with Crippen LogP contribution in [0.25, 0.3) is 0 Å². The molecular weight excluding hydrogens is 304 g/mol. The molecule has 1 aliphatic carbocycles. The fraction of sp³-hybridized carbons (Fsp3) is 0.643. The summed E-state index contributed by atoms with van der Waals surface area (Å²) in [6, 6.07) is 0.770. The van der Waals surface area contributed by atoms with Crippen molar-refractivity contribution >= 4 is 27.4 Å². The van der Waals surface area contributed by atoms with Crippen molar-refractivity contribution in [3.8, 4) is 0 Å². The molecule has 1 aliphatic rings. The Morgan fingerprint density at radius 1 is 1.47 bits per heavy atom. The second-order valence-corrected chi connectivity index (χ2v) is 6.14. The largest absolute Gasteiger partial charge is 0.397 e. The minimum absolute atomic E-state index is 0.723. The van der Waals surface area contributed by atoms with E-state index in [2.05, 4.69) is 38.2 Å².